The highest BCUT2D eigenvalue weighted by atomic mass is 32.2. The van der Waals surface area contributed by atoms with Gasteiger partial charge in [0.2, 0.25) is 10.0 Å². The number of carbonyl (C=O) groups excluding carboxylic acids is 1. The number of sulfonamides is 1. The molecule has 6 nitrogen and oxygen atoms in total. The molecule has 0 spiro atoms. The van der Waals surface area contributed by atoms with Crippen LogP contribution in [0.2, 0.25) is 0 Å². The number of hydrogen-bond donors (Lipinski definition) is 1. The van der Waals surface area contributed by atoms with E-state index in [1.807, 2.05) is 32.0 Å². The van der Waals surface area contributed by atoms with E-state index in [2.05, 4.69) is 4.72 Å². The summed E-state index contributed by atoms with van der Waals surface area (Å²) in [5.41, 5.74) is 3.36. The fourth-order valence-electron chi connectivity index (χ4n) is 2.62. The zero-order valence-corrected chi connectivity index (χ0v) is 16.5. The molecule has 0 aliphatic carbocycles. The molecule has 0 radical (unpaired) electrons. The average Bonchev–Trinajstić information content (AvgIpc) is 3.21. The summed E-state index contributed by atoms with van der Waals surface area (Å²) < 4.78 is 37.5. The molecule has 0 saturated heterocycles. The first-order valence-electron chi connectivity index (χ1n) is 8.70. The molecule has 0 unspecified atom stereocenters. The third-order valence-electron chi connectivity index (χ3n) is 4.28. The van der Waals surface area contributed by atoms with Gasteiger partial charge in [0.05, 0.1) is 23.3 Å². The molecule has 28 heavy (non-hydrogen) atoms. The van der Waals surface area contributed by atoms with Crippen molar-refractivity contribution in [1.82, 2.24) is 4.72 Å². The SMILES string of the molecule is Cc1ccc(C)c(COC(=O)c2ccc(S(=O)(=O)NCc3ccco3)cc2)c1. The molecule has 146 valence electrons. The minimum atomic E-state index is -3.71. The first-order chi connectivity index (χ1) is 13.3. The van der Waals surface area contributed by atoms with E-state index in [9.17, 15) is 13.2 Å². The summed E-state index contributed by atoms with van der Waals surface area (Å²) in [6, 6.07) is 14.9. The van der Waals surface area contributed by atoms with Crippen molar-refractivity contribution in [2.45, 2.75) is 31.9 Å². The lowest BCUT2D eigenvalue weighted by atomic mass is 10.1. The maximum atomic E-state index is 12.3. The molecule has 0 fully saturated rings. The van der Waals surface area contributed by atoms with Crippen LogP contribution >= 0.6 is 0 Å². The number of esters is 1. The summed E-state index contributed by atoms with van der Waals surface area (Å²) in [5.74, 6) is 0.00335. The van der Waals surface area contributed by atoms with Gasteiger partial charge < -0.3 is 9.15 Å². The highest BCUT2D eigenvalue weighted by Crippen LogP contribution is 2.15. The van der Waals surface area contributed by atoms with Gasteiger partial charge in [0.1, 0.15) is 12.4 Å². The van der Waals surface area contributed by atoms with Crippen LogP contribution in [0.5, 0.6) is 0 Å². The number of ether oxygens (including phenoxy) is 1. The zero-order chi connectivity index (χ0) is 20.1. The number of benzene rings is 2. The Hall–Kier alpha value is -2.90. The predicted octanol–water partition coefficient (Wildman–Crippen LogP) is 3.73. The van der Waals surface area contributed by atoms with Crippen LogP contribution < -0.4 is 4.72 Å². The van der Waals surface area contributed by atoms with Crippen LogP contribution in [0.15, 0.2) is 70.2 Å². The topological polar surface area (TPSA) is 85.6 Å². The molecule has 1 aromatic heterocycles. The van der Waals surface area contributed by atoms with Gasteiger partial charge in [-0.15, -0.1) is 0 Å². The van der Waals surface area contributed by atoms with Gasteiger partial charge in [0.15, 0.2) is 0 Å². The highest BCUT2D eigenvalue weighted by molar-refractivity contribution is 7.89. The van der Waals surface area contributed by atoms with Crippen molar-refractivity contribution in [3.8, 4) is 0 Å². The minimum Gasteiger partial charge on any atom is -0.468 e. The Kier molecular flexibility index (Phi) is 5.96. The van der Waals surface area contributed by atoms with Crippen molar-refractivity contribution in [1.29, 1.82) is 0 Å². The van der Waals surface area contributed by atoms with Crippen molar-refractivity contribution in [2.24, 2.45) is 0 Å². The number of furan rings is 1. The van der Waals surface area contributed by atoms with Gasteiger partial charge >= 0.3 is 5.97 Å². The van der Waals surface area contributed by atoms with Crippen LogP contribution in [0.3, 0.4) is 0 Å². The molecule has 1 heterocycles. The first-order valence-corrected chi connectivity index (χ1v) is 10.2. The molecule has 0 amide bonds. The fraction of sp³-hybridized carbons (Fsp3) is 0.190. The van der Waals surface area contributed by atoms with E-state index >= 15 is 0 Å². The van der Waals surface area contributed by atoms with E-state index in [0.29, 0.717) is 5.76 Å². The van der Waals surface area contributed by atoms with Crippen LogP contribution in [-0.4, -0.2) is 14.4 Å². The van der Waals surface area contributed by atoms with Gasteiger partial charge in [0, 0.05) is 0 Å². The number of aryl methyl sites for hydroxylation is 2. The average molecular weight is 399 g/mol. The second-order valence-corrected chi connectivity index (χ2v) is 8.20. The van der Waals surface area contributed by atoms with E-state index in [1.165, 1.54) is 30.5 Å². The Bertz CT molecular complexity index is 1050. The van der Waals surface area contributed by atoms with E-state index in [4.69, 9.17) is 9.15 Å². The van der Waals surface area contributed by atoms with Gasteiger partial charge in [0.25, 0.3) is 0 Å². The quantitative estimate of drug-likeness (QED) is 0.612. The molecular weight excluding hydrogens is 378 g/mol. The lowest BCUT2D eigenvalue weighted by Crippen LogP contribution is -2.23. The molecule has 0 atom stereocenters. The number of rotatable bonds is 7. The number of carbonyl (C=O) groups is 1. The van der Waals surface area contributed by atoms with Crippen LogP contribution in [0.4, 0.5) is 0 Å². The van der Waals surface area contributed by atoms with E-state index in [1.54, 1.807) is 12.1 Å². The molecular formula is C21H21NO5S. The summed E-state index contributed by atoms with van der Waals surface area (Å²) in [6.07, 6.45) is 1.47. The molecule has 0 saturated carbocycles. The third kappa shape index (κ3) is 4.88. The molecule has 0 bridgehead atoms. The van der Waals surface area contributed by atoms with Gasteiger partial charge in [-0.05, 0) is 61.4 Å². The number of hydrogen-bond acceptors (Lipinski definition) is 5. The minimum absolute atomic E-state index is 0.0506. The standard InChI is InChI=1S/C21H21NO5S/c1-15-5-6-16(2)18(12-15)14-27-21(23)17-7-9-20(10-8-17)28(24,25)22-13-19-4-3-11-26-19/h3-12,22H,13-14H2,1-2H3. The van der Waals surface area contributed by atoms with Crippen LogP contribution in [0, 0.1) is 13.8 Å². The van der Waals surface area contributed by atoms with Crippen molar-refractivity contribution in [3.63, 3.8) is 0 Å². The Labute approximate surface area is 164 Å². The summed E-state index contributed by atoms with van der Waals surface area (Å²) in [4.78, 5) is 12.3. The third-order valence-corrected chi connectivity index (χ3v) is 5.70. The normalized spacial score (nSPS) is 11.4. The summed E-state index contributed by atoms with van der Waals surface area (Å²) in [7, 11) is -3.71. The zero-order valence-electron chi connectivity index (χ0n) is 15.6. The lowest BCUT2D eigenvalue weighted by Gasteiger charge is -2.09. The smallest absolute Gasteiger partial charge is 0.338 e. The highest BCUT2D eigenvalue weighted by Gasteiger charge is 2.16. The second kappa shape index (κ2) is 8.41. The largest absolute Gasteiger partial charge is 0.468 e. The summed E-state index contributed by atoms with van der Waals surface area (Å²) >= 11 is 0. The van der Waals surface area contributed by atoms with Gasteiger partial charge in [-0.2, -0.15) is 0 Å². The van der Waals surface area contributed by atoms with Gasteiger partial charge in [-0.1, -0.05) is 23.8 Å². The Balaban J connectivity index is 1.62. The molecule has 1 N–H and O–H groups in total. The van der Waals surface area contributed by atoms with E-state index in [-0.39, 0.29) is 23.6 Å². The van der Waals surface area contributed by atoms with E-state index < -0.39 is 16.0 Å². The molecule has 2 aromatic carbocycles. The summed E-state index contributed by atoms with van der Waals surface area (Å²) in [6.45, 7) is 4.15. The van der Waals surface area contributed by atoms with Crippen LogP contribution in [0.25, 0.3) is 0 Å². The van der Waals surface area contributed by atoms with Gasteiger partial charge in [-0.25, -0.2) is 17.9 Å². The Morgan fingerprint density at radius 1 is 1.07 bits per heavy atom. The van der Waals surface area contributed by atoms with Crippen LogP contribution in [0.1, 0.15) is 32.8 Å². The maximum absolute atomic E-state index is 12.3. The van der Waals surface area contributed by atoms with Crippen molar-refractivity contribution < 1.29 is 22.4 Å². The summed E-state index contributed by atoms with van der Waals surface area (Å²) in [5, 5.41) is 0. The van der Waals surface area contributed by atoms with Crippen LogP contribution in [-0.2, 0) is 27.9 Å². The maximum Gasteiger partial charge on any atom is 0.338 e. The second-order valence-electron chi connectivity index (χ2n) is 6.43. The Morgan fingerprint density at radius 3 is 2.50 bits per heavy atom. The first kappa shape index (κ1) is 19.9. The number of nitrogens with one attached hydrogen (secondary N) is 1. The molecule has 3 aromatic rings. The fourth-order valence-corrected chi connectivity index (χ4v) is 3.61. The van der Waals surface area contributed by atoms with Gasteiger partial charge in [-0.3, -0.25) is 0 Å². The van der Waals surface area contributed by atoms with Crippen molar-refractivity contribution in [3.05, 3.63) is 88.9 Å². The lowest BCUT2D eigenvalue weighted by molar-refractivity contribution is 0.0472. The Morgan fingerprint density at radius 2 is 1.82 bits per heavy atom. The molecule has 3 rings (SSSR count). The van der Waals surface area contributed by atoms with E-state index in [0.717, 1.165) is 16.7 Å². The van der Waals surface area contributed by atoms with Crippen molar-refractivity contribution >= 4 is 16.0 Å². The molecule has 0 aliphatic rings. The predicted molar refractivity (Wildman–Crippen MR) is 104 cm³/mol. The monoisotopic (exact) mass is 399 g/mol. The van der Waals surface area contributed by atoms with Crippen molar-refractivity contribution in [2.75, 3.05) is 0 Å². The molecule has 7 heteroatoms. The molecule has 0 aliphatic heterocycles.